The maximum absolute atomic E-state index is 13.0. The molecule has 0 saturated carbocycles. The van der Waals surface area contributed by atoms with Gasteiger partial charge in [0, 0.05) is 18.6 Å². The molecule has 0 N–H and O–H groups in total. The number of nitrogens with zero attached hydrogens (tertiary/aromatic N) is 2. The molecule has 122 valence electrons. The second-order valence-electron chi connectivity index (χ2n) is 5.74. The molecule has 0 fully saturated rings. The first-order chi connectivity index (χ1) is 11.6. The molecule has 24 heavy (non-hydrogen) atoms. The number of aromatic nitrogens is 1. The van der Waals surface area contributed by atoms with E-state index >= 15 is 0 Å². The SMILES string of the molecule is COc1ccc(C(C)N(C)C(=O)c2ccnc3ccccc23)cc1. The molecule has 1 atom stereocenters. The van der Waals surface area contributed by atoms with Crippen LogP contribution in [0.3, 0.4) is 0 Å². The molecule has 0 saturated heterocycles. The van der Waals surface area contributed by atoms with E-state index in [9.17, 15) is 4.79 Å². The van der Waals surface area contributed by atoms with Gasteiger partial charge in [-0.15, -0.1) is 0 Å². The number of hydrogen-bond donors (Lipinski definition) is 0. The Labute approximate surface area is 141 Å². The summed E-state index contributed by atoms with van der Waals surface area (Å²) in [5, 5.41) is 0.874. The lowest BCUT2D eigenvalue weighted by Gasteiger charge is -2.26. The average Bonchev–Trinajstić information content (AvgIpc) is 2.66. The molecule has 0 aliphatic carbocycles. The molecular weight excluding hydrogens is 300 g/mol. The van der Waals surface area contributed by atoms with Gasteiger partial charge in [-0.25, -0.2) is 0 Å². The van der Waals surface area contributed by atoms with Crippen molar-refractivity contribution in [2.24, 2.45) is 0 Å². The molecule has 3 rings (SSSR count). The van der Waals surface area contributed by atoms with Crippen molar-refractivity contribution in [2.75, 3.05) is 14.2 Å². The van der Waals surface area contributed by atoms with E-state index < -0.39 is 0 Å². The largest absolute Gasteiger partial charge is 0.497 e. The lowest BCUT2D eigenvalue weighted by molar-refractivity contribution is 0.0744. The first kappa shape index (κ1) is 16.0. The summed E-state index contributed by atoms with van der Waals surface area (Å²) in [4.78, 5) is 19.0. The zero-order chi connectivity index (χ0) is 17.1. The molecule has 0 radical (unpaired) electrons. The molecule has 4 nitrogen and oxygen atoms in total. The number of rotatable bonds is 4. The Kier molecular flexibility index (Phi) is 4.47. The highest BCUT2D eigenvalue weighted by Gasteiger charge is 2.20. The summed E-state index contributed by atoms with van der Waals surface area (Å²) < 4.78 is 5.19. The van der Waals surface area contributed by atoms with E-state index in [1.807, 2.05) is 62.5 Å². The maximum Gasteiger partial charge on any atom is 0.254 e. The lowest BCUT2D eigenvalue weighted by Crippen LogP contribution is -2.29. The molecule has 2 aromatic carbocycles. The Morgan fingerprint density at radius 3 is 2.50 bits per heavy atom. The second-order valence-corrected chi connectivity index (χ2v) is 5.74. The molecule has 0 spiro atoms. The van der Waals surface area contributed by atoms with E-state index in [0.717, 1.165) is 22.2 Å². The number of pyridine rings is 1. The number of para-hydroxylation sites is 1. The van der Waals surface area contributed by atoms with Crippen LogP contribution in [0.25, 0.3) is 10.9 Å². The molecular formula is C20H20N2O2. The van der Waals surface area contributed by atoms with Gasteiger partial charge in [-0.3, -0.25) is 9.78 Å². The Bertz CT molecular complexity index is 854. The quantitative estimate of drug-likeness (QED) is 0.727. The van der Waals surface area contributed by atoms with Gasteiger partial charge in [-0.1, -0.05) is 30.3 Å². The Hall–Kier alpha value is -2.88. The van der Waals surface area contributed by atoms with Crippen LogP contribution in [-0.2, 0) is 0 Å². The van der Waals surface area contributed by atoms with Crippen molar-refractivity contribution in [3.63, 3.8) is 0 Å². The van der Waals surface area contributed by atoms with Crippen LogP contribution in [-0.4, -0.2) is 29.9 Å². The smallest absolute Gasteiger partial charge is 0.254 e. The first-order valence-corrected chi connectivity index (χ1v) is 7.86. The molecule has 1 heterocycles. The van der Waals surface area contributed by atoms with Crippen molar-refractivity contribution in [1.29, 1.82) is 0 Å². The van der Waals surface area contributed by atoms with Gasteiger partial charge in [0.05, 0.1) is 24.2 Å². The van der Waals surface area contributed by atoms with E-state index in [0.29, 0.717) is 5.56 Å². The van der Waals surface area contributed by atoms with Crippen LogP contribution in [0.15, 0.2) is 60.8 Å². The van der Waals surface area contributed by atoms with Gasteiger partial charge < -0.3 is 9.64 Å². The van der Waals surface area contributed by atoms with Crippen LogP contribution in [0.2, 0.25) is 0 Å². The average molecular weight is 320 g/mol. The van der Waals surface area contributed by atoms with Gasteiger partial charge in [0.25, 0.3) is 5.91 Å². The molecule has 3 aromatic rings. The maximum atomic E-state index is 13.0. The van der Waals surface area contributed by atoms with Crippen LogP contribution in [0.1, 0.15) is 28.9 Å². The first-order valence-electron chi connectivity index (χ1n) is 7.86. The van der Waals surface area contributed by atoms with Crippen molar-refractivity contribution in [2.45, 2.75) is 13.0 Å². The van der Waals surface area contributed by atoms with Crippen LogP contribution in [0, 0.1) is 0 Å². The van der Waals surface area contributed by atoms with Gasteiger partial charge in [-0.05, 0) is 36.8 Å². The summed E-state index contributed by atoms with van der Waals surface area (Å²) >= 11 is 0. The van der Waals surface area contributed by atoms with Gasteiger partial charge in [0.15, 0.2) is 0 Å². The molecule has 4 heteroatoms. The fourth-order valence-corrected chi connectivity index (χ4v) is 2.75. The summed E-state index contributed by atoms with van der Waals surface area (Å²) in [5.41, 5.74) is 2.56. The number of hydrogen-bond acceptors (Lipinski definition) is 3. The summed E-state index contributed by atoms with van der Waals surface area (Å²) in [7, 11) is 3.47. The van der Waals surface area contributed by atoms with Crippen LogP contribution >= 0.6 is 0 Å². The molecule has 0 bridgehead atoms. The third kappa shape index (κ3) is 2.95. The fraction of sp³-hybridized carbons (Fsp3) is 0.200. The summed E-state index contributed by atoms with van der Waals surface area (Å²) in [6, 6.07) is 17.2. The van der Waals surface area contributed by atoms with Crippen molar-refractivity contribution in [1.82, 2.24) is 9.88 Å². The van der Waals surface area contributed by atoms with Crippen molar-refractivity contribution in [3.05, 3.63) is 71.9 Å². The number of methoxy groups -OCH3 is 1. The number of fused-ring (bicyclic) bond motifs is 1. The third-order valence-electron chi connectivity index (χ3n) is 4.38. The van der Waals surface area contributed by atoms with Crippen molar-refractivity contribution in [3.8, 4) is 5.75 Å². The number of carbonyl (C=O) groups excluding carboxylic acids is 1. The van der Waals surface area contributed by atoms with Crippen LogP contribution in [0.4, 0.5) is 0 Å². The number of amides is 1. The van der Waals surface area contributed by atoms with E-state index in [-0.39, 0.29) is 11.9 Å². The second kappa shape index (κ2) is 6.71. The summed E-state index contributed by atoms with van der Waals surface area (Å²) in [6.07, 6.45) is 1.68. The Morgan fingerprint density at radius 2 is 1.79 bits per heavy atom. The van der Waals surface area contributed by atoms with Crippen molar-refractivity contribution >= 4 is 16.8 Å². The minimum atomic E-state index is -0.0460. The Balaban J connectivity index is 1.90. The zero-order valence-corrected chi connectivity index (χ0v) is 14.1. The third-order valence-corrected chi connectivity index (χ3v) is 4.38. The highest BCUT2D eigenvalue weighted by molar-refractivity contribution is 6.06. The monoisotopic (exact) mass is 320 g/mol. The number of benzene rings is 2. The summed E-state index contributed by atoms with van der Waals surface area (Å²) in [6.45, 7) is 2.02. The normalized spacial score (nSPS) is 12.0. The van der Waals surface area contributed by atoms with Crippen LogP contribution < -0.4 is 4.74 Å². The van der Waals surface area contributed by atoms with E-state index in [1.54, 1.807) is 24.3 Å². The highest BCUT2D eigenvalue weighted by atomic mass is 16.5. The minimum absolute atomic E-state index is 0.0167. The zero-order valence-electron chi connectivity index (χ0n) is 14.1. The number of ether oxygens (including phenoxy) is 1. The van der Waals surface area contributed by atoms with Gasteiger partial charge in [-0.2, -0.15) is 0 Å². The molecule has 1 amide bonds. The lowest BCUT2D eigenvalue weighted by atomic mass is 10.0. The fourth-order valence-electron chi connectivity index (χ4n) is 2.75. The van der Waals surface area contributed by atoms with E-state index in [1.165, 1.54) is 0 Å². The van der Waals surface area contributed by atoms with Gasteiger partial charge in [0.1, 0.15) is 5.75 Å². The molecule has 0 aliphatic heterocycles. The molecule has 0 aliphatic rings. The standard InChI is InChI=1S/C20H20N2O2/c1-14(15-8-10-16(24-3)11-9-15)22(2)20(23)18-12-13-21-19-7-5-4-6-17(18)19/h4-14H,1-3H3. The minimum Gasteiger partial charge on any atom is -0.497 e. The number of carbonyl (C=O) groups is 1. The van der Waals surface area contributed by atoms with Gasteiger partial charge in [0.2, 0.25) is 0 Å². The summed E-state index contributed by atoms with van der Waals surface area (Å²) in [5.74, 6) is 0.789. The predicted molar refractivity (Wildman–Crippen MR) is 95.2 cm³/mol. The van der Waals surface area contributed by atoms with E-state index in [2.05, 4.69) is 4.98 Å². The van der Waals surface area contributed by atoms with Crippen LogP contribution in [0.5, 0.6) is 5.75 Å². The van der Waals surface area contributed by atoms with Gasteiger partial charge >= 0.3 is 0 Å². The Morgan fingerprint density at radius 1 is 1.08 bits per heavy atom. The highest BCUT2D eigenvalue weighted by Crippen LogP contribution is 2.25. The van der Waals surface area contributed by atoms with E-state index in [4.69, 9.17) is 4.74 Å². The molecule has 1 unspecified atom stereocenters. The predicted octanol–water partition coefficient (Wildman–Crippen LogP) is 4.08. The molecule has 1 aromatic heterocycles. The topological polar surface area (TPSA) is 42.4 Å². The van der Waals surface area contributed by atoms with Crippen molar-refractivity contribution < 1.29 is 9.53 Å².